The number of likely N-dealkylation sites (tertiary alicyclic amines) is 1. The van der Waals surface area contributed by atoms with E-state index in [9.17, 15) is 4.79 Å². The van der Waals surface area contributed by atoms with E-state index in [2.05, 4.69) is 22.2 Å². The molecule has 2 aliphatic rings. The molecule has 5 nitrogen and oxygen atoms in total. The lowest BCUT2D eigenvalue weighted by molar-refractivity contribution is -0.131. The van der Waals surface area contributed by atoms with E-state index in [0.29, 0.717) is 6.54 Å². The van der Waals surface area contributed by atoms with E-state index in [1.165, 1.54) is 19.3 Å². The second-order valence-electron chi connectivity index (χ2n) is 5.76. The summed E-state index contributed by atoms with van der Waals surface area (Å²) < 4.78 is 0. The number of carbonyl (C=O) groups excluding carboxylic acids is 1. The molecular weight excluding hydrogens is 240 g/mol. The zero-order valence-electron chi connectivity index (χ0n) is 12.2. The van der Waals surface area contributed by atoms with Gasteiger partial charge in [-0.3, -0.25) is 9.69 Å². The zero-order valence-corrected chi connectivity index (χ0v) is 12.2. The van der Waals surface area contributed by atoms with E-state index in [4.69, 9.17) is 0 Å². The van der Waals surface area contributed by atoms with Crippen LogP contribution in [0.3, 0.4) is 0 Å². The molecule has 19 heavy (non-hydrogen) atoms. The number of nitrogens with zero attached hydrogens (tertiary/aromatic N) is 3. The number of hydrogen-bond acceptors (Lipinski definition) is 4. The predicted octanol–water partition coefficient (Wildman–Crippen LogP) is -0.164. The minimum Gasteiger partial charge on any atom is -0.342 e. The Balaban J connectivity index is 1.52. The van der Waals surface area contributed by atoms with Gasteiger partial charge in [0.2, 0.25) is 5.91 Å². The summed E-state index contributed by atoms with van der Waals surface area (Å²) in [5, 5.41) is 3.29. The van der Waals surface area contributed by atoms with Crippen LogP contribution in [0.15, 0.2) is 0 Å². The van der Waals surface area contributed by atoms with E-state index >= 15 is 0 Å². The summed E-state index contributed by atoms with van der Waals surface area (Å²) in [4.78, 5) is 18.8. The second-order valence-corrected chi connectivity index (χ2v) is 5.76. The van der Waals surface area contributed by atoms with Crippen LogP contribution in [0.4, 0.5) is 0 Å². The number of rotatable bonds is 5. The third kappa shape index (κ3) is 5.09. The molecule has 5 heteroatoms. The fraction of sp³-hybridized carbons (Fsp3) is 0.929. The third-order valence-electron chi connectivity index (χ3n) is 4.19. The summed E-state index contributed by atoms with van der Waals surface area (Å²) >= 11 is 0. The molecule has 1 amide bonds. The van der Waals surface area contributed by atoms with Gasteiger partial charge in [0.25, 0.3) is 0 Å². The van der Waals surface area contributed by atoms with E-state index in [0.717, 1.165) is 52.4 Å². The Labute approximate surface area is 116 Å². The van der Waals surface area contributed by atoms with Gasteiger partial charge in [0, 0.05) is 52.4 Å². The lowest BCUT2D eigenvalue weighted by Gasteiger charge is -2.32. The van der Waals surface area contributed by atoms with Gasteiger partial charge in [-0.1, -0.05) is 0 Å². The molecule has 0 saturated carbocycles. The van der Waals surface area contributed by atoms with Gasteiger partial charge in [-0.05, 0) is 26.3 Å². The van der Waals surface area contributed by atoms with Crippen molar-refractivity contribution in [2.45, 2.75) is 19.3 Å². The third-order valence-corrected chi connectivity index (χ3v) is 4.19. The lowest BCUT2D eigenvalue weighted by Crippen LogP contribution is -2.47. The fourth-order valence-corrected chi connectivity index (χ4v) is 2.76. The first kappa shape index (κ1) is 14.8. The number of piperazine rings is 1. The molecule has 0 spiro atoms. The normalized spacial score (nSPS) is 22.7. The van der Waals surface area contributed by atoms with Gasteiger partial charge in [-0.2, -0.15) is 0 Å². The van der Waals surface area contributed by atoms with E-state index < -0.39 is 0 Å². The minimum atomic E-state index is 0.276. The average molecular weight is 268 g/mol. The Morgan fingerprint density at radius 2 is 1.68 bits per heavy atom. The largest absolute Gasteiger partial charge is 0.342 e. The smallest absolute Gasteiger partial charge is 0.236 e. The molecule has 0 aliphatic carbocycles. The van der Waals surface area contributed by atoms with Gasteiger partial charge in [0.05, 0.1) is 6.54 Å². The Bertz CT molecular complexity index is 271. The monoisotopic (exact) mass is 268 g/mol. The summed E-state index contributed by atoms with van der Waals surface area (Å²) in [7, 11) is 2.17. The summed E-state index contributed by atoms with van der Waals surface area (Å²) in [5.74, 6) is 0.276. The Morgan fingerprint density at radius 1 is 1.00 bits per heavy atom. The molecule has 0 aromatic rings. The summed E-state index contributed by atoms with van der Waals surface area (Å²) in [5.41, 5.74) is 0. The summed E-state index contributed by atoms with van der Waals surface area (Å²) in [6, 6.07) is 0. The Kier molecular flexibility index (Phi) is 6.07. The molecule has 2 aliphatic heterocycles. The topological polar surface area (TPSA) is 38.8 Å². The molecule has 0 atom stereocenters. The highest BCUT2D eigenvalue weighted by Crippen LogP contribution is 2.08. The molecule has 0 aromatic heterocycles. The van der Waals surface area contributed by atoms with Crippen LogP contribution >= 0.6 is 0 Å². The van der Waals surface area contributed by atoms with Crippen molar-refractivity contribution in [2.24, 2.45) is 0 Å². The van der Waals surface area contributed by atoms with Gasteiger partial charge in [-0.15, -0.1) is 0 Å². The van der Waals surface area contributed by atoms with Crippen molar-refractivity contribution in [2.75, 3.05) is 66.0 Å². The van der Waals surface area contributed by atoms with Crippen LogP contribution in [0.1, 0.15) is 19.3 Å². The number of nitrogens with one attached hydrogen (secondary N) is 1. The average Bonchev–Trinajstić information content (AvgIpc) is 2.46. The highest BCUT2D eigenvalue weighted by molar-refractivity contribution is 5.78. The zero-order chi connectivity index (χ0) is 13.5. The molecule has 2 fully saturated rings. The molecule has 2 rings (SSSR count). The number of hydrogen-bond donors (Lipinski definition) is 1. The van der Waals surface area contributed by atoms with Crippen LogP contribution in [0.25, 0.3) is 0 Å². The second kappa shape index (κ2) is 7.82. The van der Waals surface area contributed by atoms with Crippen LogP contribution < -0.4 is 5.32 Å². The highest BCUT2D eigenvalue weighted by atomic mass is 16.2. The van der Waals surface area contributed by atoms with Gasteiger partial charge in [0.15, 0.2) is 0 Å². The predicted molar refractivity (Wildman–Crippen MR) is 77.2 cm³/mol. The molecular formula is C14H28N4O. The number of likely N-dealkylation sites (N-methyl/N-ethyl adjacent to an activating group) is 1. The van der Waals surface area contributed by atoms with Crippen molar-refractivity contribution < 1.29 is 4.79 Å². The van der Waals surface area contributed by atoms with Gasteiger partial charge < -0.3 is 15.1 Å². The number of amides is 1. The maximum atomic E-state index is 11.9. The van der Waals surface area contributed by atoms with Crippen LogP contribution in [0.5, 0.6) is 0 Å². The van der Waals surface area contributed by atoms with Gasteiger partial charge >= 0.3 is 0 Å². The molecule has 110 valence electrons. The highest BCUT2D eigenvalue weighted by Gasteiger charge is 2.16. The molecule has 2 heterocycles. The Hall–Kier alpha value is -0.650. The lowest BCUT2D eigenvalue weighted by atomic mass is 10.1. The van der Waals surface area contributed by atoms with Gasteiger partial charge in [0.1, 0.15) is 0 Å². The SMILES string of the molecule is CN1CCN(CCNCC(=O)N2CCCCC2)CC1. The van der Waals surface area contributed by atoms with E-state index in [1.54, 1.807) is 0 Å². The standard InChI is InChI=1S/C14H28N4O/c1-16-9-11-17(12-10-16)8-5-15-13-14(19)18-6-3-2-4-7-18/h15H,2-13H2,1H3. The molecule has 1 N–H and O–H groups in total. The van der Waals surface area contributed by atoms with Crippen molar-refractivity contribution in [3.05, 3.63) is 0 Å². The van der Waals surface area contributed by atoms with Crippen LogP contribution in [0, 0.1) is 0 Å². The van der Waals surface area contributed by atoms with Crippen LogP contribution in [-0.2, 0) is 4.79 Å². The van der Waals surface area contributed by atoms with Crippen molar-refractivity contribution in [3.8, 4) is 0 Å². The summed E-state index contributed by atoms with van der Waals surface area (Å²) in [6.45, 7) is 9.02. The van der Waals surface area contributed by atoms with Crippen molar-refractivity contribution >= 4 is 5.91 Å². The Morgan fingerprint density at radius 3 is 2.37 bits per heavy atom. The molecule has 0 bridgehead atoms. The van der Waals surface area contributed by atoms with Crippen molar-refractivity contribution in [1.29, 1.82) is 0 Å². The maximum Gasteiger partial charge on any atom is 0.236 e. The van der Waals surface area contributed by atoms with Crippen LogP contribution in [0.2, 0.25) is 0 Å². The quantitative estimate of drug-likeness (QED) is 0.703. The first-order chi connectivity index (χ1) is 9.25. The minimum absolute atomic E-state index is 0.276. The first-order valence-electron chi connectivity index (χ1n) is 7.65. The van der Waals surface area contributed by atoms with E-state index in [1.807, 2.05) is 4.90 Å². The number of piperidine rings is 1. The van der Waals surface area contributed by atoms with Crippen molar-refractivity contribution in [3.63, 3.8) is 0 Å². The summed E-state index contributed by atoms with van der Waals surface area (Å²) in [6.07, 6.45) is 3.63. The first-order valence-corrected chi connectivity index (χ1v) is 7.65. The van der Waals surface area contributed by atoms with Gasteiger partial charge in [-0.25, -0.2) is 0 Å². The number of carbonyl (C=O) groups is 1. The molecule has 0 aromatic carbocycles. The van der Waals surface area contributed by atoms with Crippen molar-refractivity contribution in [1.82, 2.24) is 20.0 Å². The maximum absolute atomic E-state index is 11.9. The molecule has 2 saturated heterocycles. The van der Waals surface area contributed by atoms with E-state index in [-0.39, 0.29) is 5.91 Å². The fourth-order valence-electron chi connectivity index (χ4n) is 2.76. The van der Waals surface area contributed by atoms with Crippen LogP contribution in [-0.4, -0.2) is 86.6 Å². The molecule has 0 unspecified atom stereocenters. The molecule has 0 radical (unpaired) electrons.